The number of aliphatic hydroxyl groups is 2. The minimum absolute atomic E-state index is 0.307. The van der Waals surface area contributed by atoms with Crippen molar-refractivity contribution in [2.24, 2.45) is 0 Å². The fourth-order valence-corrected chi connectivity index (χ4v) is 3.93. The highest BCUT2D eigenvalue weighted by molar-refractivity contribution is 5.32. The molecule has 0 aliphatic carbocycles. The van der Waals surface area contributed by atoms with Crippen molar-refractivity contribution in [1.82, 2.24) is 0 Å². The number of aryl methyl sites for hydroxylation is 4. The molecule has 2 N–H and O–H groups in total. The van der Waals surface area contributed by atoms with E-state index in [9.17, 15) is 10.2 Å². The molecule has 6 atom stereocenters. The number of aliphatic hydroxyl groups excluding tert-OH is 2. The Kier molecular flexibility index (Phi) is 6.25. The lowest BCUT2D eigenvalue weighted by Gasteiger charge is -2.47. The molecule has 0 radical (unpaired) electrons. The molecule has 2 aromatic rings. The van der Waals surface area contributed by atoms with Crippen LogP contribution >= 0.6 is 0 Å². The monoisotopic (exact) mass is 414 g/mol. The van der Waals surface area contributed by atoms with Crippen LogP contribution in [0.2, 0.25) is 0 Å². The molecule has 0 bridgehead atoms. The quantitative estimate of drug-likeness (QED) is 0.800. The summed E-state index contributed by atoms with van der Waals surface area (Å²) in [5.74, 6) is 0. The first-order valence-electron chi connectivity index (χ1n) is 10.4. The summed E-state index contributed by atoms with van der Waals surface area (Å²) in [7, 11) is 0. The van der Waals surface area contributed by atoms with Crippen molar-refractivity contribution in [2.75, 3.05) is 13.2 Å². The maximum atomic E-state index is 10.5. The fraction of sp³-hybridized carbons (Fsp3) is 0.500. The molecule has 2 aliphatic rings. The zero-order chi connectivity index (χ0) is 21.4. The molecule has 2 aromatic carbocycles. The van der Waals surface area contributed by atoms with Gasteiger partial charge in [0.15, 0.2) is 12.6 Å². The predicted octanol–water partition coefficient (Wildman–Crippen LogP) is 3.17. The molecule has 2 heterocycles. The van der Waals surface area contributed by atoms with Gasteiger partial charge in [-0.3, -0.25) is 0 Å². The third-order valence-corrected chi connectivity index (χ3v) is 6.13. The van der Waals surface area contributed by atoms with E-state index in [2.05, 4.69) is 6.92 Å². The highest BCUT2D eigenvalue weighted by atomic mass is 16.8. The van der Waals surface area contributed by atoms with E-state index in [-0.39, 0.29) is 0 Å². The van der Waals surface area contributed by atoms with Crippen LogP contribution in [-0.4, -0.2) is 47.8 Å². The molecular weight excluding hydrogens is 384 g/mol. The summed E-state index contributed by atoms with van der Waals surface area (Å²) in [4.78, 5) is 0. The molecule has 0 spiro atoms. The Labute approximate surface area is 177 Å². The van der Waals surface area contributed by atoms with Crippen LogP contribution in [0.25, 0.3) is 0 Å². The molecule has 2 saturated heterocycles. The van der Waals surface area contributed by atoms with E-state index in [4.69, 9.17) is 18.9 Å². The van der Waals surface area contributed by atoms with Gasteiger partial charge in [-0.2, -0.15) is 0 Å². The zero-order valence-electron chi connectivity index (χ0n) is 17.9. The van der Waals surface area contributed by atoms with Crippen molar-refractivity contribution >= 4 is 0 Å². The number of rotatable bonds is 4. The fourth-order valence-electron chi connectivity index (χ4n) is 3.93. The van der Waals surface area contributed by atoms with Gasteiger partial charge in [-0.25, -0.2) is 0 Å². The Morgan fingerprint density at radius 2 is 1.43 bits per heavy atom. The zero-order valence-corrected chi connectivity index (χ0v) is 17.9. The highest BCUT2D eigenvalue weighted by Gasteiger charge is 2.48. The molecule has 2 aliphatic heterocycles. The van der Waals surface area contributed by atoms with Crippen molar-refractivity contribution in [2.45, 2.75) is 64.7 Å². The van der Waals surface area contributed by atoms with Crippen LogP contribution in [0.3, 0.4) is 0 Å². The van der Waals surface area contributed by atoms with Crippen molar-refractivity contribution in [1.29, 1.82) is 0 Å². The molecule has 0 amide bonds. The largest absolute Gasteiger partial charge is 0.394 e. The lowest BCUT2D eigenvalue weighted by atomic mass is 9.98. The molecule has 6 nitrogen and oxygen atoms in total. The van der Waals surface area contributed by atoms with Gasteiger partial charge in [0.2, 0.25) is 0 Å². The summed E-state index contributed by atoms with van der Waals surface area (Å²) in [5, 5.41) is 20.1. The third-order valence-electron chi connectivity index (χ3n) is 6.13. The van der Waals surface area contributed by atoms with E-state index in [0.717, 1.165) is 22.3 Å². The SMILES string of the molecule is Cc1ccc([C@@H]2OC[C@@H]3O[C@@H](c4ccc(C)c(C)c4)O[C@H]([C@H](O)CO)[C@@H]3O2)cc1C. The maximum Gasteiger partial charge on any atom is 0.184 e. The number of hydrogen-bond donors (Lipinski definition) is 2. The number of benzene rings is 2. The highest BCUT2D eigenvalue weighted by Crippen LogP contribution is 2.39. The van der Waals surface area contributed by atoms with Crippen molar-refractivity contribution in [3.05, 3.63) is 69.8 Å². The number of fused-ring (bicyclic) bond motifs is 1. The van der Waals surface area contributed by atoms with Crippen molar-refractivity contribution < 1.29 is 29.2 Å². The minimum Gasteiger partial charge on any atom is -0.394 e. The number of hydrogen-bond acceptors (Lipinski definition) is 6. The number of ether oxygens (including phenoxy) is 4. The smallest absolute Gasteiger partial charge is 0.184 e. The normalized spacial score (nSPS) is 30.0. The van der Waals surface area contributed by atoms with Crippen molar-refractivity contribution in [3.8, 4) is 0 Å². The first-order chi connectivity index (χ1) is 14.4. The Hall–Kier alpha value is -1.80. The second-order valence-electron chi connectivity index (χ2n) is 8.31. The van der Waals surface area contributed by atoms with Gasteiger partial charge in [0, 0.05) is 11.1 Å². The summed E-state index contributed by atoms with van der Waals surface area (Å²) >= 11 is 0. The average Bonchev–Trinajstić information content (AvgIpc) is 2.75. The van der Waals surface area contributed by atoms with Gasteiger partial charge < -0.3 is 29.2 Å². The minimum atomic E-state index is -1.09. The average molecular weight is 414 g/mol. The Morgan fingerprint density at radius 1 is 0.833 bits per heavy atom. The first kappa shape index (κ1) is 21.4. The van der Waals surface area contributed by atoms with Gasteiger partial charge in [-0.15, -0.1) is 0 Å². The van der Waals surface area contributed by atoms with Gasteiger partial charge in [-0.05, 0) is 49.9 Å². The van der Waals surface area contributed by atoms with E-state index in [1.165, 1.54) is 11.1 Å². The summed E-state index contributed by atoms with van der Waals surface area (Å²) in [6.45, 7) is 8.07. The lowest BCUT2D eigenvalue weighted by molar-refractivity contribution is -0.373. The van der Waals surface area contributed by atoms with Crippen LogP contribution in [0.1, 0.15) is 46.0 Å². The second kappa shape index (κ2) is 8.75. The molecule has 162 valence electrons. The van der Waals surface area contributed by atoms with E-state index < -0.39 is 43.6 Å². The van der Waals surface area contributed by atoms with Crippen LogP contribution in [0, 0.1) is 27.7 Å². The van der Waals surface area contributed by atoms with Gasteiger partial charge in [0.05, 0.1) is 13.2 Å². The van der Waals surface area contributed by atoms with Crippen molar-refractivity contribution in [3.63, 3.8) is 0 Å². The van der Waals surface area contributed by atoms with Crippen LogP contribution < -0.4 is 0 Å². The molecule has 4 rings (SSSR count). The standard InChI is InChI=1S/C24H30O6/c1-13-5-7-17(9-15(13)3)23-27-12-20-22(30-23)21(19(26)11-25)29-24(28-20)18-8-6-14(2)16(4)10-18/h5-10,19-26H,11-12H2,1-4H3/t19-,20+,21-,22-,23-,24-/m1/s1. The Bertz CT molecular complexity index is 895. The summed E-state index contributed by atoms with van der Waals surface area (Å²) < 4.78 is 24.4. The summed E-state index contributed by atoms with van der Waals surface area (Å²) in [5.41, 5.74) is 6.43. The Balaban J connectivity index is 1.57. The lowest BCUT2D eigenvalue weighted by Crippen LogP contribution is -2.58. The predicted molar refractivity (Wildman–Crippen MR) is 111 cm³/mol. The molecule has 30 heavy (non-hydrogen) atoms. The van der Waals surface area contributed by atoms with E-state index in [1.807, 2.05) is 57.2 Å². The van der Waals surface area contributed by atoms with Crippen LogP contribution in [0.4, 0.5) is 0 Å². The second-order valence-corrected chi connectivity index (χ2v) is 8.31. The summed E-state index contributed by atoms with van der Waals surface area (Å²) in [6, 6.07) is 12.1. The third kappa shape index (κ3) is 4.17. The van der Waals surface area contributed by atoms with Gasteiger partial charge in [0.1, 0.15) is 24.4 Å². The topological polar surface area (TPSA) is 77.4 Å². The molecule has 0 saturated carbocycles. The van der Waals surface area contributed by atoms with E-state index >= 15 is 0 Å². The van der Waals surface area contributed by atoms with E-state index in [1.54, 1.807) is 0 Å². The van der Waals surface area contributed by atoms with Gasteiger partial charge in [0.25, 0.3) is 0 Å². The molecule has 0 aromatic heterocycles. The first-order valence-corrected chi connectivity index (χ1v) is 10.4. The molecule has 6 heteroatoms. The summed E-state index contributed by atoms with van der Waals surface area (Å²) in [6.07, 6.45) is -4.05. The van der Waals surface area contributed by atoms with Gasteiger partial charge in [-0.1, -0.05) is 36.4 Å². The van der Waals surface area contributed by atoms with Crippen LogP contribution in [0.5, 0.6) is 0 Å². The van der Waals surface area contributed by atoms with E-state index in [0.29, 0.717) is 6.61 Å². The molecular formula is C24H30O6. The maximum absolute atomic E-state index is 10.5. The molecule has 2 fully saturated rings. The van der Waals surface area contributed by atoms with Gasteiger partial charge >= 0.3 is 0 Å². The Morgan fingerprint density at radius 3 is 2.00 bits per heavy atom. The van der Waals surface area contributed by atoms with Crippen LogP contribution in [0.15, 0.2) is 36.4 Å². The molecule has 0 unspecified atom stereocenters. The van der Waals surface area contributed by atoms with Crippen LogP contribution in [-0.2, 0) is 18.9 Å².